The van der Waals surface area contributed by atoms with Crippen LogP contribution in [0.5, 0.6) is 5.88 Å². The lowest BCUT2D eigenvalue weighted by molar-refractivity contribution is -0.115. The van der Waals surface area contributed by atoms with Crippen LogP contribution < -0.4 is 10.1 Å². The Hall–Kier alpha value is -1.58. The second kappa shape index (κ2) is 2.48. The maximum Gasteiger partial charge on any atom is 0.237 e. The summed E-state index contributed by atoms with van der Waals surface area (Å²) in [4.78, 5) is 14.9. The number of hydrogen-bond acceptors (Lipinski definition) is 3. The molecule has 0 atom stereocenters. The van der Waals surface area contributed by atoms with E-state index >= 15 is 0 Å². The molecule has 0 fully saturated rings. The van der Waals surface area contributed by atoms with Crippen LogP contribution in [0, 0.1) is 0 Å². The van der Waals surface area contributed by atoms with Crippen LogP contribution in [-0.2, 0) is 11.2 Å². The minimum absolute atomic E-state index is 0.00343. The molecular formula is C8H8N2O2. The molecule has 0 aliphatic carbocycles. The van der Waals surface area contributed by atoms with Crippen molar-refractivity contribution in [1.29, 1.82) is 0 Å². The number of amides is 1. The quantitative estimate of drug-likeness (QED) is 0.660. The van der Waals surface area contributed by atoms with Gasteiger partial charge < -0.3 is 10.1 Å². The fourth-order valence-electron chi connectivity index (χ4n) is 1.27. The molecule has 0 spiro atoms. The van der Waals surface area contributed by atoms with E-state index in [0.717, 1.165) is 5.56 Å². The van der Waals surface area contributed by atoms with E-state index in [1.807, 2.05) is 6.07 Å². The summed E-state index contributed by atoms with van der Waals surface area (Å²) < 4.78 is 4.98. The highest BCUT2D eigenvalue weighted by atomic mass is 16.5. The van der Waals surface area contributed by atoms with E-state index in [1.54, 1.807) is 6.20 Å². The molecule has 12 heavy (non-hydrogen) atoms. The number of nitrogens with zero attached hydrogens (tertiary/aromatic N) is 1. The predicted molar refractivity (Wildman–Crippen MR) is 43.1 cm³/mol. The summed E-state index contributed by atoms with van der Waals surface area (Å²) in [5.74, 6) is 0.481. The third-order valence-electron chi connectivity index (χ3n) is 1.81. The van der Waals surface area contributed by atoms with Crippen molar-refractivity contribution in [2.24, 2.45) is 0 Å². The number of rotatable bonds is 1. The zero-order valence-corrected chi connectivity index (χ0v) is 6.63. The van der Waals surface area contributed by atoms with Gasteiger partial charge in [-0.1, -0.05) is 0 Å². The van der Waals surface area contributed by atoms with Crippen LogP contribution in [0.2, 0.25) is 0 Å². The molecule has 0 unspecified atom stereocenters. The van der Waals surface area contributed by atoms with Gasteiger partial charge in [0.2, 0.25) is 11.8 Å². The molecule has 2 rings (SSSR count). The summed E-state index contributed by atoms with van der Waals surface area (Å²) in [5, 5.41) is 2.69. The zero-order valence-electron chi connectivity index (χ0n) is 6.63. The highest BCUT2D eigenvalue weighted by Crippen LogP contribution is 2.30. The standard InChI is InChI=1S/C8H8N2O2/c1-12-8-7-5(2-3-9-8)4-6(11)10-7/h2-3H,4H2,1H3,(H,10,11). The van der Waals surface area contributed by atoms with Crippen molar-refractivity contribution >= 4 is 11.6 Å². The lowest BCUT2D eigenvalue weighted by atomic mass is 10.2. The number of methoxy groups -OCH3 is 1. The van der Waals surface area contributed by atoms with Gasteiger partial charge in [0.05, 0.1) is 13.5 Å². The maximum atomic E-state index is 11.0. The highest BCUT2D eigenvalue weighted by molar-refractivity contribution is 6.00. The Morgan fingerprint density at radius 2 is 2.50 bits per heavy atom. The summed E-state index contributed by atoms with van der Waals surface area (Å²) in [5.41, 5.74) is 1.66. The smallest absolute Gasteiger partial charge is 0.237 e. The fourth-order valence-corrected chi connectivity index (χ4v) is 1.27. The van der Waals surface area contributed by atoms with Crippen molar-refractivity contribution < 1.29 is 9.53 Å². The zero-order chi connectivity index (χ0) is 8.55. The first-order valence-electron chi connectivity index (χ1n) is 3.63. The van der Waals surface area contributed by atoms with Gasteiger partial charge in [0, 0.05) is 6.20 Å². The Labute approximate surface area is 69.6 Å². The van der Waals surface area contributed by atoms with Crippen molar-refractivity contribution in [3.63, 3.8) is 0 Å². The van der Waals surface area contributed by atoms with Crippen LogP contribution in [-0.4, -0.2) is 18.0 Å². The molecule has 4 nitrogen and oxygen atoms in total. The van der Waals surface area contributed by atoms with Crippen LogP contribution >= 0.6 is 0 Å². The van der Waals surface area contributed by atoms with E-state index in [0.29, 0.717) is 18.0 Å². The highest BCUT2D eigenvalue weighted by Gasteiger charge is 2.21. The van der Waals surface area contributed by atoms with Gasteiger partial charge in [0.1, 0.15) is 5.69 Å². The van der Waals surface area contributed by atoms with Crippen molar-refractivity contribution in [3.8, 4) is 5.88 Å². The number of aromatic nitrogens is 1. The fraction of sp³-hybridized carbons (Fsp3) is 0.250. The molecule has 0 bridgehead atoms. The molecule has 62 valence electrons. The van der Waals surface area contributed by atoms with Gasteiger partial charge in [-0.3, -0.25) is 4.79 Å². The van der Waals surface area contributed by atoms with Crippen molar-refractivity contribution in [2.45, 2.75) is 6.42 Å². The summed E-state index contributed by atoms with van der Waals surface area (Å²) >= 11 is 0. The van der Waals surface area contributed by atoms with E-state index in [4.69, 9.17) is 4.74 Å². The van der Waals surface area contributed by atoms with Gasteiger partial charge in [0.25, 0.3) is 0 Å². The van der Waals surface area contributed by atoms with Crippen molar-refractivity contribution in [2.75, 3.05) is 12.4 Å². The number of hydrogen-bond donors (Lipinski definition) is 1. The average Bonchev–Trinajstić information content (AvgIpc) is 2.44. The molecule has 0 radical (unpaired) electrons. The topological polar surface area (TPSA) is 51.2 Å². The van der Waals surface area contributed by atoms with Gasteiger partial charge in [-0.05, 0) is 11.6 Å². The van der Waals surface area contributed by atoms with Gasteiger partial charge in [-0.15, -0.1) is 0 Å². The molecular weight excluding hydrogens is 156 g/mol. The Morgan fingerprint density at radius 3 is 3.25 bits per heavy atom. The minimum Gasteiger partial charge on any atom is -0.480 e. The number of carbonyl (C=O) groups is 1. The normalized spacial score (nSPS) is 13.9. The third-order valence-corrected chi connectivity index (χ3v) is 1.81. The maximum absolute atomic E-state index is 11.0. The van der Waals surface area contributed by atoms with Crippen LogP contribution in [0.3, 0.4) is 0 Å². The molecule has 1 amide bonds. The van der Waals surface area contributed by atoms with Crippen LogP contribution in [0.15, 0.2) is 12.3 Å². The molecule has 4 heteroatoms. The summed E-state index contributed by atoms with van der Waals surface area (Å²) in [6, 6.07) is 1.82. The summed E-state index contributed by atoms with van der Waals surface area (Å²) in [7, 11) is 1.53. The van der Waals surface area contributed by atoms with Crippen LogP contribution in [0.1, 0.15) is 5.56 Å². The van der Waals surface area contributed by atoms with Gasteiger partial charge >= 0.3 is 0 Å². The second-order valence-corrected chi connectivity index (χ2v) is 2.58. The first kappa shape index (κ1) is 7.09. The van der Waals surface area contributed by atoms with Crippen molar-refractivity contribution in [3.05, 3.63) is 17.8 Å². The van der Waals surface area contributed by atoms with E-state index in [9.17, 15) is 4.79 Å². The minimum atomic E-state index is -0.00343. The molecule has 1 aliphatic heterocycles. The number of nitrogens with one attached hydrogen (secondary N) is 1. The number of fused-ring (bicyclic) bond motifs is 1. The van der Waals surface area contributed by atoms with E-state index in [2.05, 4.69) is 10.3 Å². The first-order chi connectivity index (χ1) is 5.81. The van der Waals surface area contributed by atoms with Crippen LogP contribution in [0.25, 0.3) is 0 Å². The number of ether oxygens (including phenoxy) is 1. The van der Waals surface area contributed by atoms with E-state index in [1.165, 1.54) is 7.11 Å². The summed E-state index contributed by atoms with van der Waals surface area (Å²) in [6.07, 6.45) is 2.06. The number of anilines is 1. The Bertz CT molecular complexity index is 336. The molecule has 1 aliphatic rings. The van der Waals surface area contributed by atoms with Gasteiger partial charge in [0.15, 0.2) is 0 Å². The largest absolute Gasteiger partial charge is 0.480 e. The summed E-state index contributed by atoms with van der Waals surface area (Å²) in [6.45, 7) is 0. The lowest BCUT2D eigenvalue weighted by Crippen LogP contribution is -2.04. The predicted octanol–water partition coefficient (Wildman–Crippen LogP) is 0.585. The van der Waals surface area contributed by atoms with E-state index in [-0.39, 0.29) is 5.91 Å². The monoisotopic (exact) mass is 164 g/mol. The first-order valence-corrected chi connectivity index (χ1v) is 3.63. The number of carbonyl (C=O) groups excluding carboxylic acids is 1. The second-order valence-electron chi connectivity index (χ2n) is 2.58. The lowest BCUT2D eigenvalue weighted by Gasteiger charge is -2.03. The van der Waals surface area contributed by atoms with Crippen LogP contribution in [0.4, 0.5) is 5.69 Å². The van der Waals surface area contributed by atoms with Gasteiger partial charge in [-0.25, -0.2) is 4.98 Å². The molecule has 0 aromatic carbocycles. The molecule has 0 saturated heterocycles. The average molecular weight is 164 g/mol. The van der Waals surface area contributed by atoms with E-state index < -0.39 is 0 Å². The molecule has 1 N–H and O–H groups in total. The van der Waals surface area contributed by atoms with Crippen molar-refractivity contribution in [1.82, 2.24) is 4.98 Å². The Kier molecular flexibility index (Phi) is 1.46. The molecule has 2 heterocycles. The Morgan fingerprint density at radius 1 is 1.67 bits per heavy atom. The molecule has 1 aromatic heterocycles. The SMILES string of the molecule is COc1nccc2c1NC(=O)C2. The van der Waals surface area contributed by atoms with Gasteiger partial charge in [-0.2, -0.15) is 0 Å². The third kappa shape index (κ3) is 0.922. The number of pyridine rings is 1. The molecule has 0 saturated carbocycles. The molecule has 1 aromatic rings. The Balaban J connectivity index is 2.51.